The van der Waals surface area contributed by atoms with Crippen LogP contribution in [-0.4, -0.2) is 45.8 Å². The second kappa shape index (κ2) is 8.97. The number of methoxy groups -OCH3 is 1. The Bertz CT molecular complexity index is 1370. The number of benzene rings is 2. The number of hydrogen-bond donors (Lipinski definition) is 0. The van der Waals surface area contributed by atoms with Gasteiger partial charge in [0, 0.05) is 36.4 Å². The first-order valence-electron chi connectivity index (χ1n) is 10.9. The van der Waals surface area contributed by atoms with Crippen molar-refractivity contribution in [3.05, 3.63) is 79.4 Å². The van der Waals surface area contributed by atoms with E-state index in [1.54, 1.807) is 41.6 Å². The number of nitrogens with zero attached hydrogens (tertiary/aromatic N) is 4. The lowest BCUT2D eigenvalue weighted by Crippen LogP contribution is -2.27. The second-order valence-electron chi connectivity index (χ2n) is 8.01. The first kappa shape index (κ1) is 21.6. The van der Waals surface area contributed by atoms with Crippen molar-refractivity contribution in [3.63, 3.8) is 0 Å². The molecule has 2 aromatic heterocycles. The van der Waals surface area contributed by atoms with Crippen molar-refractivity contribution in [2.45, 2.75) is 12.5 Å². The lowest BCUT2D eigenvalue weighted by Gasteiger charge is -2.15. The minimum atomic E-state index is -0.485. The van der Waals surface area contributed by atoms with E-state index in [1.165, 1.54) is 19.3 Å². The van der Waals surface area contributed by atoms with Gasteiger partial charge in [0.2, 0.25) is 5.91 Å². The molecule has 5 rings (SSSR count). The fourth-order valence-electron chi connectivity index (χ4n) is 4.32. The van der Waals surface area contributed by atoms with Crippen LogP contribution in [0.4, 0.5) is 4.39 Å². The Morgan fingerprint density at radius 1 is 1.21 bits per heavy atom. The van der Waals surface area contributed by atoms with Gasteiger partial charge in [-0.05, 0) is 55.0 Å². The number of hydrogen-bond acceptors (Lipinski definition) is 5. The molecule has 1 aliphatic heterocycles. The molecule has 1 aliphatic rings. The molecule has 7 nitrogen and oxygen atoms in total. The van der Waals surface area contributed by atoms with Crippen LogP contribution in [-0.2, 0) is 4.79 Å². The summed E-state index contributed by atoms with van der Waals surface area (Å²) < 4.78 is 26.9. The van der Waals surface area contributed by atoms with Crippen LogP contribution in [0.15, 0.2) is 73.6 Å². The number of amides is 1. The van der Waals surface area contributed by atoms with Crippen molar-refractivity contribution in [1.82, 2.24) is 19.7 Å². The summed E-state index contributed by atoms with van der Waals surface area (Å²) >= 11 is 0. The molecule has 1 fully saturated rings. The molecule has 0 saturated carbocycles. The number of para-hydroxylation sites is 1. The summed E-state index contributed by atoms with van der Waals surface area (Å²) in [6.07, 6.45) is 5.72. The average molecular weight is 458 g/mol. The van der Waals surface area contributed by atoms with Crippen LogP contribution in [0.1, 0.15) is 12.5 Å². The van der Waals surface area contributed by atoms with E-state index < -0.39 is 5.82 Å². The summed E-state index contributed by atoms with van der Waals surface area (Å²) in [5.74, 6) is 0.355. The summed E-state index contributed by atoms with van der Waals surface area (Å²) in [6.45, 7) is 4.85. The zero-order chi connectivity index (χ0) is 23.7. The number of aromatic nitrogens is 3. The van der Waals surface area contributed by atoms with Crippen LogP contribution >= 0.6 is 0 Å². The fraction of sp³-hybridized carbons (Fsp3) is 0.192. The molecule has 1 saturated heterocycles. The maximum Gasteiger partial charge on any atom is 0.246 e. The summed E-state index contributed by atoms with van der Waals surface area (Å²) in [7, 11) is 1.40. The number of fused-ring (bicyclic) bond motifs is 1. The third-order valence-corrected chi connectivity index (χ3v) is 5.99. The van der Waals surface area contributed by atoms with E-state index in [0.717, 1.165) is 28.6 Å². The monoisotopic (exact) mass is 458 g/mol. The predicted molar refractivity (Wildman–Crippen MR) is 126 cm³/mol. The summed E-state index contributed by atoms with van der Waals surface area (Å²) in [5.41, 5.74) is 2.66. The molecule has 0 aliphatic carbocycles. The van der Waals surface area contributed by atoms with Gasteiger partial charge in [-0.15, -0.1) is 0 Å². The molecule has 0 spiro atoms. The quantitative estimate of drug-likeness (QED) is 0.381. The zero-order valence-corrected chi connectivity index (χ0v) is 18.6. The van der Waals surface area contributed by atoms with Gasteiger partial charge in [0.25, 0.3) is 0 Å². The Kier molecular flexibility index (Phi) is 5.71. The van der Waals surface area contributed by atoms with Crippen LogP contribution < -0.4 is 9.47 Å². The van der Waals surface area contributed by atoms with Crippen molar-refractivity contribution in [2.75, 3.05) is 20.2 Å². The molecule has 0 radical (unpaired) electrons. The number of rotatable bonds is 6. The topological polar surface area (TPSA) is 69.5 Å². The third kappa shape index (κ3) is 3.87. The smallest absolute Gasteiger partial charge is 0.246 e. The van der Waals surface area contributed by atoms with Crippen LogP contribution in [0.2, 0.25) is 0 Å². The Balaban J connectivity index is 1.45. The van der Waals surface area contributed by atoms with Crippen LogP contribution in [0, 0.1) is 5.82 Å². The minimum Gasteiger partial charge on any atom is -0.490 e. The Morgan fingerprint density at radius 3 is 2.79 bits per heavy atom. The van der Waals surface area contributed by atoms with Gasteiger partial charge in [0.05, 0.1) is 18.7 Å². The molecule has 0 N–H and O–H groups in total. The van der Waals surface area contributed by atoms with E-state index in [1.807, 2.05) is 22.9 Å². The highest BCUT2D eigenvalue weighted by atomic mass is 19.1. The van der Waals surface area contributed by atoms with Crippen molar-refractivity contribution >= 4 is 16.8 Å². The van der Waals surface area contributed by atoms with Crippen LogP contribution in [0.3, 0.4) is 0 Å². The van der Waals surface area contributed by atoms with Crippen molar-refractivity contribution in [3.8, 4) is 28.5 Å². The molecule has 172 valence electrons. The highest BCUT2D eigenvalue weighted by Gasteiger charge is 2.28. The molecule has 3 heterocycles. The summed E-state index contributed by atoms with van der Waals surface area (Å²) in [4.78, 5) is 18.1. The average Bonchev–Trinajstić information content (AvgIpc) is 3.50. The van der Waals surface area contributed by atoms with Gasteiger partial charge in [-0.25, -0.2) is 4.39 Å². The molecule has 34 heavy (non-hydrogen) atoms. The van der Waals surface area contributed by atoms with E-state index in [2.05, 4.69) is 11.6 Å². The van der Waals surface area contributed by atoms with Gasteiger partial charge >= 0.3 is 0 Å². The molecular formula is C26H23FN4O3. The van der Waals surface area contributed by atoms with Crippen LogP contribution in [0.5, 0.6) is 17.2 Å². The van der Waals surface area contributed by atoms with Gasteiger partial charge in [-0.2, -0.15) is 5.10 Å². The SMILES string of the molecule is C=CC(=O)N1CCC(n2nc(-c3ccc(Oc4cccc(F)c4OC)cc3)c3cnccc32)C1. The third-order valence-electron chi connectivity index (χ3n) is 5.99. The van der Waals surface area contributed by atoms with Crippen molar-refractivity contribution in [2.24, 2.45) is 0 Å². The highest BCUT2D eigenvalue weighted by molar-refractivity contribution is 5.93. The second-order valence-corrected chi connectivity index (χ2v) is 8.01. The Hall–Kier alpha value is -4.20. The van der Waals surface area contributed by atoms with E-state index >= 15 is 0 Å². The number of carbonyl (C=O) groups is 1. The number of pyridine rings is 1. The van der Waals surface area contributed by atoms with Crippen LogP contribution in [0.25, 0.3) is 22.2 Å². The zero-order valence-electron chi connectivity index (χ0n) is 18.6. The molecule has 2 aromatic carbocycles. The maximum absolute atomic E-state index is 14.0. The molecule has 1 atom stereocenters. The lowest BCUT2D eigenvalue weighted by molar-refractivity contribution is -0.125. The first-order valence-corrected chi connectivity index (χ1v) is 10.9. The number of ether oxygens (including phenoxy) is 2. The van der Waals surface area contributed by atoms with Crippen molar-refractivity contribution in [1.29, 1.82) is 0 Å². The van der Waals surface area contributed by atoms with E-state index in [-0.39, 0.29) is 17.7 Å². The fourth-order valence-corrected chi connectivity index (χ4v) is 4.32. The van der Waals surface area contributed by atoms with Gasteiger partial charge < -0.3 is 14.4 Å². The van der Waals surface area contributed by atoms with Gasteiger partial charge in [-0.3, -0.25) is 14.5 Å². The molecule has 1 unspecified atom stereocenters. The Morgan fingerprint density at radius 2 is 2.03 bits per heavy atom. The number of carbonyl (C=O) groups excluding carboxylic acids is 1. The summed E-state index contributed by atoms with van der Waals surface area (Å²) in [6, 6.07) is 14.0. The van der Waals surface area contributed by atoms with Gasteiger partial charge in [0.1, 0.15) is 11.4 Å². The summed E-state index contributed by atoms with van der Waals surface area (Å²) in [5, 5.41) is 5.84. The van der Waals surface area contributed by atoms with E-state index in [4.69, 9.17) is 14.6 Å². The largest absolute Gasteiger partial charge is 0.490 e. The standard InChI is InChI=1S/C26H23FN4O3/c1-3-24(32)30-14-12-18(16-30)31-22-11-13-28-15-20(22)25(29-31)17-7-9-19(10-8-17)34-23-6-4-5-21(27)26(23)33-2/h3-11,13,15,18H,1,12,14,16H2,2H3. The molecule has 8 heteroatoms. The molecule has 1 amide bonds. The number of likely N-dealkylation sites (tertiary alicyclic amines) is 1. The maximum atomic E-state index is 14.0. The molecule has 0 bridgehead atoms. The lowest BCUT2D eigenvalue weighted by atomic mass is 10.1. The van der Waals surface area contributed by atoms with Gasteiger partial charge in [-0.1, -0.05) is 12.6 Å². The normalized spacial score (nSPS) is 15.5. The molecule has 4 aromatic rings. The predicted octanol–water partition coefficient (Wildman–Crippen LogP) is 5.00. The highest BCUT2D eigenvalue weighted by Crippen LogP contribution is 2.36. The molecular weight excluding hydrogens is 435 g/mol. The van der Waals surface area contributed by atoms with Gasteiger partial charge in [0.15, 0.2) is 17.3 Å². The first-order chi connectivity index (χ1) is 16.6. The Labute approximate surface area is 196 Å². The minimum absolute atomic E-state index is 0.0583. The van der Waals surface area contributed by atoms with Crippen molar-refractivity contribution < 1.29 is 18.7 Å². The van der Waals surface area contributed by atoms with E-state index in [0.29, 0.717) is 24.6 Å². The van der Waals surface area contributed by atoms with E-state index in [9.17, 15) is 9.18 Å². The number of halogens is 1.